The molecule has 2 rings (SSSR count). The lowest BCUT2D eigenvalue weighted by Crippen LogP contribution is -2.41. The Kier molecular flexibility index (Phi) is 6.17. The molecule has 1 aromatic heterocycles. The Labute approximate surface area is 136 Å². The Balaban J connectivity index is 1.95. The van der Waals surface area contributed by atoms with Crippen molar-refractivity contribution in [1.29, 1.82) is 0 Å². The molecule has 0 radical (unpaired) electrons. The van der Waals surface area contributed by atoms with Crippen LogP contribution in [0.3, 0.4) is 0 Å². The third-order valence-electron chi connectivity index (χ3n) is 3.65. The number of aliphatic hydroxyl groups excluding tert-OH is 1. The number of nitrogens with one attached hydrogen (secondary N) is 2. The van der Waals surface area contributed by atoms with Gasteiger partial charge in [0.05, 0.1) is 6.54 Å². The second kappa shape index (κ2) is 8.33. The van der Waals surface area contributed by atoms with Crippen molar-refractivity contribution in [2.24, 2.45) is 5.92 Å². The highest BCUT2D eigenvalue weighted by molar-refractivity contribution is 5.89. The lowest BCUT2D eigenvalue weighted by atomic mass is 10.0. The number of anilines is 1. The molecular formula is C17H24N4O2. The third kappa shape index (κ3) is 5.41. The van der Waals surface area contributed by atoms with E-state index >= 15 is 0 Å². The molecule has 0 aliphatic heterocycles. The van der Waals surface area contributed by atoms with Gasteiger partial charge in [-0.05, 0) is 36.1 Å². The van der Waals surface area contributed by atoms with E-state index in [0.717, 1.165) is 11.3 Å². The number of hydrogen-bond donors (Lipinski definition) is 3. The van der Waals surface area contributed by atoms with E-state index in [2.05, 4.69) is 15.7 Å². The van der Waals surface area contributed by atoms with Crippen molar-refractivity contribution in [2.75, 3.05) is 11.9 Å². The summed E-state index contributed by atoms with van der Waals surface area (Å²) in [6.07, 6.45) is 4.18. The summed E-state index contributed by atoms with van der Waals surface area (Å²) in [6.45, 7) is 4.75. The van der Waals surface area contributed by atoms with Crippen LogP contribution in [0.2, 0.25) is 0 Å². The van der Waals surface area contributed by atoms with Gasteiger partial charge in [-0.15, -0.1) is 0 Å². The summed E-state index contributed by atoms with van der Waals surface area (Å²) in [5.74, 6) is 0.263. The van der Waals surface area contributed by atoms with Gasteiger partial charge in [-0.1, -0.05) is 26.0 Å². The predicted molar refractivity (Wildman–Crippen MR) is 90.3 cm³/mol. The molecule has 0 saturated heterocycles. The standard InChI is InChI=1S/C17H24N4O2/c1-13(2)16(7-10-22)20-17(23)19-15-6-3-5-14(11-15)12-21-9-4-8-18-21/h3-6,8-9,11,13,16,22H,7,10,12H2,1-2H3,(H2,19,20,23)/t16-/m1/s1. The molecule has 6 heteroatoms. The van der Waals surface area contributed by atoms with Crippen molar-refractivity contribution in [3.8, 4) is 0 Å². The fourth-order valence-electron chi connectivity index (χ4n) is 2.38. The van der Waals surface area contributed by atoms with Crippen molar-refractivity contribution in [1.82, 2.24) is 15.1 Å². The van der Waals surface area contributed by atoms with Crippen LogP contribution >= 0.6 is 0 Å². The minimum absolute atomic E-state index is 0.0488. The van der Waals surface area contributed by atoms with Gasteiger partial charge >= 0.3 is 6.03 Å². The van der Waals surface area contributed by atoms with Crippen LogP contribution in [-0.4, -0.2) is 33.6 Å². The minimum atomic E-state index is -0.256. The van der Waals surface area contributed by atoms with Crippen molar-refractivity contribution in [2.45, 2.75) is 32.9 Å². The zero-order chi connectivity index (χ0) is 16.7. The van der Waals surface area contributed by atoms with Crippen LogP contribution in [0.5, 0.6) is 0 Å². The molecule has 1 aromatic carbocycles. The highest BCUT2D eigenvalue weighted by atomic mass is 16.3. The molecular weight excluding hydrogens is 292 g/mol. The molecule has 0 fully saturated rings. The average Bonchev–Trinajstić information content (AvgIpc) is 3.00. The first kappa shape index (κ1) is 17.0. The van der Waals surface area contributed by atoms with Crippen LogP contribution in [0.25, 0.3) is 0 Å². The average molecular weight is 316 g/mol. The van der Waals surface area contributed by atoms with E-state index < -0.39 is 0 Å². The van der Waals surface area contributed by atoms with Gasteiger partial charge in [0.1, 0.15) is 0 Å². The summed E-state index contributed by atoms with van der Waals surface area (Å²) < 4.78 is 1.83. The number of carbonyl (C=O) groups excluding carboxylic acids is 1. The zero-order valence-corrected chi connectivity index (χ0v) is 13.6. The molecule has 0 aliphatic carbocycles. The quantitative estimate of drug-likeness (QED) is 0.734. The van der Waals surface area contributed by atoms with Gasteiger partial charge in [0.15, 0.2) is 0 Å². The number of hydrogen-bond acceptors (Lipinski definition) is 3. The van der Waals surface area contributed by atoms with E-state index in [9.17, 15) is 4.79 Å². The predicted octanol–water partition coefficient (Wildman–Crippen LogP) is 2.46. The van der Waals surface area contributed by atoms with Crippen molar-refractivity contribution in [3.05, 3.63) is 48.3 Å². The van der Waals surface area contributed by atoms with Crippen LogP contribution in [0.4, 0.5) is 10.5 Å². The second-order valence-corrected chi connectivity index (χ2v) is 5.87. The van der Waals surface area contributed by atoms with E-state index in [1.165, 1.54) is 0 Å². The lowest BCUT2D eigenvalue weighted by molar-refractivity contribution is 0.227. The largest absolute Gasteiger partial charge is 0.396 e. The first-order valence-electron chi connectivity index (χ1n) is 7.83. The number of carbonyl (C=O) groups is 1. The van der Waals surface area contributed by atoms with Crippen LogP contribution < -0.4 is 10.6 Å². The maximum absolute atomic E-state index is 12.1. The van der Waals surface area contributed by atoms with Gasteiger partial charge in [0.2, 0.25) is 0 Å². The van der Waals surface area contributed by atoms with E-state index in [1.807, 2.05) is 55.1 Å². The highest BCUT2D eigenvalue weighted by Crippen LogP contribution is 2.12. The molecule has 0 spiro atoms. The Morgan fingerprint density at radius 1 is 1.35 bits per heavy atom. The maximum atomic E-state index is 12.1. The van der Waals surface area contributed by atoms with Crippen LogP contribution in [0.15, 0.2) is 42.7 Å². The Morgan fingerprint density at radius 2 is 2.17 bits per heavy atom. The Bertz CT molecular complexity index is 611. The first-order valence-corrected chi connectivity index (χ1v) is 7.83. The van der Waals surface area contributed by atoms with E-state index in [0.29, 0.717) is 13.0 Å². The summed E-state index contributed by atoms with van der Waals surface area (Å²) in [4.78, 5) is 12.1. The third-order valence-corrected chi connectivity index (χ3v) is 3.65. The van der Waals surface area contributed by atoms with E-state index in [1.54, 1.807) is 6.20 Å². The summed E-state index contributed by atoms with van der Waals surface area (Å²) in [5.41, 5.74) is 1.79. The van der Waals surface area contributed by atoms with Gasteiger partial charge < -0.3 is 15.7 Å². The SMILES string of the molecule is CC(C)[C@@H](CCO)NC(=O)Nc1cccc(Cn2cccn2)c1. The first-order chi connectivity index (χ1) is 11.1. The van der Waals surface area contributed by atoms with E-state index in [-0.39, 0.29) is 24.6 Å². The van der Waals surface area contributed by atoms with Crippen LogP contribution in [0, 0.1) is 5.92 Å². The number of nitrogens with zero attached hydrogens (tertiary/aromatic N) is 2. The summed E-state index contributed by atoms with van der Waals surface area (Å²) >= 11 is 0. The Hall–Kier alpha value is -2.34. The minimum Gasteiger partial charge on any atom is -0.396 e. The molecule has 3 N–H and O–H groups in total. The van der Waals surface area contributed by atoms with Crippen molar-refractivity contribution >= 4 is 11.7 Å². The highest BCUT2D eigenvalue weighted by Gasteiger charge is 2.15. The topological polar surface area (TPSA) is 79.2 Å². The van der Waals surface area contributed by atoms with Gasteiger partial charge in [-0.25, -0.2) is 4.79 Å². The summed E-state index contributed by atoms with van der Waals surface area (Å²) in [7, 11) is 0. The molecule has 0 unspecified atom stereocenters. The number of rotatable bonds is 7. The molecule has 6 nitrogen and oxygen atoms in total. The number of urea groups is 1. The normalized spacial score (nSPS) is 12.2. The van der Waals surface area contributed by atoms with Crippen molar-refractivity contribution < 1.29 is 9.90 Å². The number of benzene rings is 1. The number of amides is 2. The molecule has 2 aromatic rings. The molecule has 2 amide bonds. The summed E-state index contributed by atoms with van der Waals surface area (Å²) in [6, 6.07) is 9.25. The van der Waals surface area contributed by atoms with Gasteiger partial charge in [-0.2, -0.15) is 5.10 Å². The Morgan fingerprint density at radius 3 is 2.83 bits per heavy atom. The lowest BCUT2D eigenvalue weighted by Gasteiger charge is -2.21. The molecule has 124 valence electrons. The number of aliphatic hydroxyl groups is 1. The fraction of sp³-hybridized carbons (Fsp3) is 0.412. The van der Waals surface area contributed by atoms with Gasteiger partial charge in [0, 0.05) is 30.7 Å². The molecule has 1 heterocycles. The van der Waals surface area contributed by atoms with Gasteiger partial charge in [0.25, 0.3) is 0 Å². The van der Waals surface area contributed by atoms with E-state index in [4.69, 9.17) is 5.11 Å². The monoisotopic (exact) mass is 316 g/mol. The maximum Gasteiger partial charge on any atom is 0.319 e. The molecule has 0 saturated carbocycles. The fourth-order valence-corrected chi connectivity index (χ4v) is 2.38. The summed E-state index contributed by atoms with van der Waals surface area (Å²) in [5, 5.41) is 19.0. The van der Waals surface area contributed by atoms with Crippen LogP contribution in [0.1, 0.15) is 25.8 Å². The molecule has 0 bridgehead atoms. The molecule has 1 atom stereocenters. The smallest absolute Gasteiger partial charge is 0.319 e. The van der Waals surface area contributed by atoms with Crippen LogP contribution in [-0.2, 0) is 6.54 Å². The zero-order valence-electron chi connectivity index (χ0n) is 13.6. The molecule has 23 heavy (non-hydrogen) atoms. The van der Waals surface area contributed by atoms with Gasteiger partial charge in [-0.3, -0.25) is 4.68 Å². The number of aromatic nitrogens is 2. The molecule has 0 aliphatic rings. The van der Waals surface area contributed by atoms with Crippen molar-refractivity contribution in [3.63, 3.8) is 0 Å². The second-order valence-electron chi connectivity index (χ2n) is 5.87.